The average Bonchev–Trinajstić information content (AvgIpc) is 3.07. The van der Waals surface area contributed by atoms with Crippen molar-refractivity contribution in [3.05, 3.63) is 18.2 Å². The van der Waals surface area contributed by atoms with Crippen molar-refractivity contribution in [2.45, 2.75) is 51.1 Å². The first-order chi connectivity index (χ1) is 13.1. The molecular formula is C20H29N3O4. The molecule has 7 heteroatoms. The molecule has 0 radical (unpaired) electrons. The molecule has 7 nitrogen and oxygen atoms in total. The quantitative estimate of drug-likeness (QED) is 0.859. The number of hydrogen-bond donors (Lipinski definition) is 1. The molecule has 2 fully saturated rings. The molecule has 1 aromatic rings. The highest BCUT2D eigenvalue weighted by molar-refractivity contribution is 5.97. The third-order valence-electron chi connectivity index (χ3n) is 5.49. The number of nitrogens with zero attached hydrogens (tertiary/aromatic N) is 2. The molecule has 0 spiro atoms. The topological polar surface area (TPSA) is 71.1 Å². The zero-order valence-corrected chi connectivity index (χ0v) is 16.4. The lowest BCUT2D eigenvalue weighted by atomic mass is 10.0. The number of amides is 3. The number of ether oxygens (including phenoxy) is 2. The molecular weight excluding hydrogens is 346 g/mol. The molecule has 1 N–H and O–H groups in total. The monoisotopic (exact) mass is 375 g/mol. The molecule has 0 unspecified atom stereocenters. The summed E-state index contributed by atoms with van der Waals surface area (Å²) in [4.78, 5) is 28.8. The van der Waals surface area contributed by atoms with Crippen LogP contribution < -0.4 is 19.7 Å². The van der Waals surface area contributed by atoms with E-state index >= 15 is 0 Å². The van der Waals surface area contributed by atoms with E-state index in [0.29, 0.717) is 30.5 Å². The van der Waals surface area contributed by atoms with E-state index in [1.54, 1.807) is 31.3 Å². The minimum atomic E-state index is -0.183. The molecule has 3 amide bonds. The molecule has 148 valence electrons. The van der Waals surface area contributed by atoms with Gasteiger partial charge in [-0.05, 0) is 37.8 Å². The Labute approximate surface area is 160 Å². The van der Waals surface area contributed by atoms with Crippen molar-refractivity contribution in [2.24, 2.45) is 0 Å². The van der Waals surface area contributed by atoms with Crippen LogP contribution in [0.2, 0.25) is 0 Å². The summed E-state index contributed by atoms with van der Waals surface area (Å²) in [5, 5.41) is 3.06. The van der Waals surface area contributed by atoms with Gasteiger partial charge in [0, 0.05) is 37.3 Å². The third kappa shape index (κ3) is 4.12. The Bertz CT molecular complexity index is 694. The molecule has 2 aliphatic rings. The summed E-state index contributed by atoms with van der Waals surface area (Å²) in [6, 6.07) is 5.48. The molecule has 0 bridgehead atoms. The first kappa shape index (κ1) is 19.3. The number of likely N-dealkylation sites (tertiary alicyclic amines) is 1. The summed E-state index contributed by atoms with van der Waals surface area (Å²) in [6.07, 6.45) is 4.56. The standard InChI is InChI=1S/C20H29N3O4/c1-4-15-7-5-6-10-22(15)20(25)21-14-11-19(24)23(13-14)16-8-9-17(26-2)18(12-16)27-3/h8-9,12,14-15H,4-7,10-11,13H2,1-3H3,(H,21,25)/t14-,15-/m0/s1. The van der Waals surface area contributed by atoms with Crippen molar-refractivity contribution in [1.82, 2.24) is 10.2 Å². The molecule has 1 aromatic carbocycles. The summed E-state index contributed by atoms with van der Waals surface area (Å²) in [5.74, 6) is 1.20. The van der Waals surface area contributed by atoms with Crippen molar-refractivity contribution in [2.75, 3.05) is 32.2 Å². The number of benzene rings is 1. The first-order valence-electron chi connectivity index (χ1n) is 9.66. The van der Waals surface area contributed by atoms with Crippen LogP contribution in [0.25, 0.3) is 0 Å². The minimum absolute atomic E-state index is 0.00166. The van der Waals surface area contributed by atoms with E-state index in [0.717, 1.165) is 31.5 Å². The van der Waals surface area contributed by atoms with Gasteiger partial charge < -0.3 is 24.6 Å². The highest BCUT2D eigenvalue weighted by atomic mass is 16.5. The van der Waals surface area contributed by atoms with Crippen molar-refractivity contribution >= 4 is 17.6 Å². The van der Waals surface area contributed by atoms with Gasteiger partial charge in [0.2, 0.25) is 5.91 Å². The van der Waals surface area contributed by atoms with Gasteiger partial charge in [-0.25, -0.2) is 4.79 Å². The van der Waals surface area contributed by atoms with E-state index in [-0.39, 0.29) is 18.0 Å². The second kappa shape index (κ2) is 8.50. The molecule has 27 heavy (non-hydrogen) atoms. The van der Waals surface area contributed by atoms with Crippen LogP contribution in [0.4, 0.5) is 10.5 Å². The van der Waals surface area contributed by atoms with Crippen LogP contribution in [-0.4, -0.2) is 56.2 Å². The smallest absolute Gasteiger partial charge is 0.317 e. The van der Waals surface area contributed by atoms with E-state index in [1.807, 2.05) is 11.0 Å². The fraction of sp³-hybridized carbons (Fsp3) is 0.600. The van der Waals surface area contributed by atoms with E-state index < -0.39 is 0 Å². The van der Waals surface area contributed by atoms with Crippen LogP contribution in [0.5, 0.6) is 11.5 Å². The molecule has 0 aromatic heterocycles. The summed E-state index contributed by atoms with van der Waals surface area (Å²) in [6.45, 7) is 3.38. The number of urea groups is 1. The maximum absolute atomic E-state index is 12.7. The zero-order chi connectivity index (χ0) is 19.4. The predicted molar refractivity (Wildman–Crippen MR) is 103 cm³/mol. The Morgan fingerprint density at radius 1 is 1.22 bits per heavy atom. The van der Waals surface area contributed by atoms with Gasteiger partial charge in [0.15, 0.2) is 11.5 Å². The fourth-order valence-corrected chi connectivity index (χ4v) is 4.00. The summed E-state index contributed by atoms with van der Waals surface area (Å²) in [7, 11) is 3.15. The van der Waals surface area contributed by atoms with Crippen molar-refractivity contribution in [3.8, 4) is 11.5 Å². The summed E-state index contributed by atoms with van der Waals surface area (Å²) >= 11 is 0. The molecule has 2 heterocycles. The van der Waals surface area contributed by atoms with Crippen LogP contribution in [-0.2, 0) is 4.79 Å². The lowest BCUT2D eigenvalue weighted by Gasteiger charge is -2.35. The van der Waals surface area contributed by atoms with E-state index in [2.05, 4.69) is 12.2 Å². The van der Waals surface area contributed by atoms with Crippen LogP contribution >= 0.6 is 0 Å². The van der Waals surface area contributed by atoms with Crippen molar-refractivity contribution < 1.29 is 19.1 Å². The average molecular weight is 375 g/mol. The van der Waals surface area contributed by atoms with Gasteiger partial charge >= 0.3 is 6.03 Å². The van der Waals surface area contributed by atoms with Gasteiger partial charge in [0.25, 0.3) is 0 Å². The maximum atomic E-state index is 12.7. The Hall–Kier alpha value is -2.44. The molecule has 2 saturated heterocycles. The van der Waals surface area contributed by atoms with Gasteiger partial charge in [0.05, 0.1) is 20.3 Å². The number of hydrogen-bond acceptors (Lipinski definition) is 4. The van der Waals surface area contributed by atoms with Gasteiger partial charge in [-0.2, -0.15) is 0 Å². The zero-order valence-electron chi connectivity index (χ0n) is 16.4. The number of piperidine rings is 1. The molecule has 3 rings (SSSR count). The largest absolute Gasteiger partial charge is 0.493 e. The number of rotatable bonds is 5. The van der Waals surface area contributed by atoms with Crippen LogP contribution in [0.1, 0.15) is 39.0 Å². The SMILES string of the molecule is CC[C@H]1CCCCN1C(=O)N[C@H]1CC(=O)N(c2ccc(OC)c(OC)c2)C1. The van der Waals surface area contributed by atoms with Gasteiger partial charge in [-0.15, -0.1) is 0 Å². The van der Waals surface area contributed by atoms with Gasteiger partial charge in [-0.3, -0.25) is 4.79 Å². The summed E-state index contributed by atoms with van der Waals surface area (Å²) < 4.78 is 10.6. The normalized spacial score (nSPS) is 22.7. The Kier molecular flexibility index (Phi) is 6.08. The second-order valence-electron chi connectivity index (χ2n) is 7.15. The van der Waals surface area contributed by atoms with Gasteiger partial charge in [-0.1, -0.05) is 6.92 Å². The van der Waals surface area contributed by atoms with Crippen LogP contribution in [0, 0.1) is 0 Å². The van der Waals surface area contributed by atoms with Gasteiger partial charge in [0.1, 0.15) is 0 Å². The van der Waals surface area contributed by atoms with Crippen LogP contribution in [0.3, 0.4) is 0 Å². The van der Waals surface area contributed by atoms with E-state index in [4.69, 9.17) is 9.47 Å². The number of carbonyl (C=O) groups excluding carboxylic acids is 2. The highest BCUT2D eigenvalue weighted by Gasteiger charge is 2.34. The third-order valence-corrected chi connectivity index (χ3v) is 5.49. The highest BCUT2D eigenvalue weighted by Crippen LogP contribution is 2.33. The Balaban J connectivity index is 1.66. The minimum Gasteiger partial charge on any atom is -0.493 e. The number of anilines is 1. The van der Waals surface area contributed by atoms with Crippen LogP contribution in [0.15, 0.2) is 18.2 Å². The molecule has 2 aliphatic heterocycles. The molecule has 0 saturated carbocycles. The second-order valence-corrected chi connectivity index (χ2v) is 7.15. The predicted octanol–water partition coefficient (Wildman–Crippen LogP) is 2.78. The van der Waals surface area contributed by atoms with E-state index in [9.17, 15) is 9.59 Å². The Morgan fingerprint density at radius 3 is 2.70 bits per heavy atom. The van der Waals surface area contributed by atoms with E-state index in [1.165, 1.54) is 6.42 Å². The lowest BCUT2D eigenvalue weighted by molar-refractivity contribution is -0.117. The molecule has 2 atom stereocenters. The first-order valence-corrected chi connectivity index (χ1v) is 9.66. The number of nitrogens with one attached hydrogen (secondary N) is 1. The Morgan fingerprint density at radius 2 is 2.00 bits per heavy atom. The number of methoxy groups -OCH3 is 2. The summed E-state index contributed by atoms with van der Waals surface area (Å²) in [5.41, 5.74) is 0.749. The van der Waals surface area contributed by atoms with Crippen molar-refractivity contribution in [1.29, 1.82) is 0 Å². The number of carbonyl (C=O) groups is 2. The molecule has 0 aliphatic carbocycles. The maximum Gasteiger partial charge on any atom is 0.317 e. The van der Waals surface area contributed by atoms with Crippen molar-refractivity contribution in [3.63, 3.8) is 0 Å². The lowest BCUT2D eigenvalue weighted by Crippen LogP contribution is -2.51. The fourth-order valence-electron chi connectivity index (χ4n) is 4.00.